The fourth-order valence-corrected chi connectivity index (χ4v) is 3.09. The number of anilines is 1. The average Bonchev–Trinajstić information content (AvgIpc) is 2.82. The molecule has 0 radical (unpaired) electrons. The van der Waals surface area contributed by atoms with Crippen molar-refractivity contribution in [1.29, 1.82) is 0 Å². The third kappa shape index (κ3) is 5.10. The Kier molecular flexibility index (Phi) is 6.41. The molecule has 1 N–H and O–H groups in total. The molecule has 6 heteroatoms. The van der Waals surface area contributed by atoms with Crippen molar-refractivity contribution in [3.05, 3.63) is 96.3 Å². The maximum absolute atomic E-state index is 12.6. The lowest BCUT2D eigenvalue weighted by Gasteiger charge is -2.11. The van der Waals surface area contributed by atoms with Crippen molar-refractivity contribution in [1.82, 2.24) is 9.97 Å². The Hall–Kier alpha value is -4.19. The molecule has 1 aromatic heterocycles. The lowest BCUT2D eigenvalue weighted by atomic mass is 10.1. The number of nitrogens with zero attached hydrogens (tertiary/aromatic N) is 2. The Labute approximate surface area is 186 Å². The summed E-state index contributed by atoms with van der Waals surface area (Å²) in [5.41, 5.74) is 4.28. The van der Waals surface area contributed by atoms with Gasteiger partial charge >= 0.3 is 6.01 Å². The van der Waals surface area contributed by atoms with Crippen LogP contribution in [0.15, 0.2) is 85.2 Å². The predicted octanol–water partition coefficient (Wildman–Crippen LogP) is 5.90. The molecule has 0 fully saturated rings. The molecule has 0 bridgehead atoms. The van der Waals surface area contributed by atoms with Crippen LogP contribution in [0.2, 0.25) is 0 Å². The van der Waals surface area contributed by atoms with Gasteiger partial charge in [0.1, 0.15) is 11.5 Å². The molecular weight excluding hydrogens is 402 g/mol. The van der Waals surface area contributed by atoms with E-state index in [1.165, 1.54) is 5.56 Å². The quantitative estimate of drug-likeness (QED) is 0.399. The molecule has 4 rings (SSSR count). The standard InChI is InChI=1S/C26H23N3O3/c1-3-31-24-7-5-4-6-23(24)29-25(30)20-12-14-22(15-13-20)32-26-27-16-21(17-28-26)19-10-8-18(2)9-11-19/h4-17H,3H2,1-2H3,(H,29,30). The first-order chi connectivity index (χ1) is 15.6. The Morgan fingerprint density at radius 3 is 2.25 bits per heavy atom. The number of para-hydroxylation sites is 2. The number of aryl methyl sites for hydroxylation is 1. The Balaban J connectivity index is 1.40. The summed E-state index contributed by atoms with van der Waals surface area (Å²) in [6.45, 7) is 4.47. The summed E-state index contributed by atoms with van der Waals surface area (Å²) in [6, 6.07) is 22.5. The van der Waals surface area contributed by atoms with Gasteiger partial charge in [-0.2, -0.15) is 0 Å². The van der Waals surface area contributed by atoms with Crippen molar-refractivity contribution >= 4 is 11.6 Å². The first-order valence-corrected chi connectivity index (χ1v) is 10.3. The van der Waals surface area contributed by atoms with Crippen LogP contribution in [0, 0.1) is 6.92 Å². The molecule has 0 saturated heterocycles. The molecule has 0 aliphatic heterocycles. The molecule has 0 saturated carbocycles. The molecule has 32 heavy (non-hydrogen) atoms. The third-order valence-electron chi connectivity index (χ3n) is 4.77. The van der Waals surface area contributed by atoms with Crippen molar-refractivity contribution in [3.8, 4) is 28.6 Å². The van der Waals surface area contributed by atoms with E-state index in [1.54, 1.807) is 42.7 Å². The summed E-state index contributed by atoms with van der Waals surface area (Å²) in [4.78, 5) is 21.2. The van der Waals surface area contributed by atoms with Crippen LogP contribution in [0.3, 0.4) is 0 Å². The second-order valence-electron chi connectivity index (χ2n) is 7.13. The number of hydrogen-bond donors (Lipinski definition) is 1. The van der Waals surface area contributed by atoms with Crippen LogP contribution in [0.5, 0.6) is 17.5 Å². The summed E-state index contributed by atoms with van der Waals surface area (Å²) in [7, 11) is 0. The van der Waals surface area contributed by atoms with Gasteiger partial charge in [0.2, 0.25) is 0 Å². The number of nitrogens with one attached hydrogen (secondary N) is 1. The highest BCUT2D eigenvalue weighted by atomic mass is 16.5. The number of carbonyl (C=O) groups excluding carboxylic acids is 1. The Morgan fingerprint density at radius 2 is 1.56 bits per heavy atom. The van der Waals surface area contributed by atoms with Crippen LogP contribution >= 0.6 is 0 Å². The summed E-state index contributed by atoms with van der Waals surface area (Å²) >= 11 is 0. The molecule has 1 amide bonds. The minimum absolute atomic E-state index is 0.234. The van der Waals surface area contributed by atoms with E-state index < -0.39 is 0 Å². The highest BCUT2D eigenvalue weighted by Crippen LogP contribution is 2.25. The second-order valence-corrected chi connectivity index (χ2v) is 7.13. The zero-order chi connectivity index (χ0) is 22.3. The van der Waals surface area contributed by atoms with E-state index in [2.05, 4.69) is 15.3 Å². The number of aromatic nitrogens is 2. The molecular formula is C26H23N3O3. The minimum Gasteiger partial charge on any atom is -0.492 e. The number of rotatable bonds is 7. The largest absolute Gasteiger partial charge is 0.492 e. The van der Waals surface area contributed by atoms with E-state index in [-0.39, 0.29) is 11.9 Å². The molecule has 6 nitrogen and oxygen atoms in total. The van der Waals surface area contributed by atoms with Crippen LogP contribution in [-0.4, -0.2) is 22.5 Å². The SMILES string of the molecule is CCOc1ccccc1NC(=O)c1ccc(Oc2ncc(-c3ccc(C)cc3)cn2)cc1. The topological polar surface area (TPSA) is 73.3 Å². The highest BCUT2D eigenvalue weighted by molar-refractivity contribution is 6.05. The highest BCUT2D eigenvalue weighted by Gasteiger charge is 2.10. The lowest BCUT2D eigenvalue weighted by Crippen LogP contribution is -2.12. The van der Waals surface area contributed by atoms with Gasteiger partial charge in [-0.15, -0.1) is 0 Å². The van der Waals surface area contributed by atoms with Gasteiger partial charge in [-0.05, 0) is 55.8 Å². The minimum atomic E-state index is -0.234. The summed E-state index contributed by atoms with van der Waals surface area (Å²) in [5.74, 6) is 0.941. The van der Waals surface area contributed by atoms with Gasteiger partial charge in [0, 0.05) is 23.5 Å². The number of amides is 1. The Bertz CT molecular complexity index is 1190. The number of ether oxygens (including phenoxy) is 2. The van der Waals surface area contributed by atoms with Gasteiger partial charge in [-0.25, -0.2) is 9.97 Å². The number of hydrogen-bond acceptors (Lipinski definition) is 5. The van der Waals surface area contributed by atoms with E-state index in [4.69, 9.17) is 9.47 Å². The zero-order valence-electron chi connectivity index (χ0n) is 17.9. The second kappa shape index (κ2) is 9.75. The monoisotopic (exact) mass is 425 g/mol. The number of benzene rings is 3. The van der Waals surface area contributed by atoms with Crippen molar-refractivity contribution in [2.75, 3.05) is 11.9 Å². The smallest absolute Gasteiger partial charge is 0.321 e. The van der Waals surface area contributed by atoms with Crippen LogP contribution in [-0.2, 0) is 0 Å². The molecule has 1 heterocycles. The molecule has 0 spiro atoms. The van der Waals surface area contributed by atoms with Gasteiger partial charge < -0.3 is 14.8 Å². The van der Waals surface area contributed by atoms with E-state index >= 15 is 0 Å². The van der Waals surface area contributed by atoms with Crippen molar-refractivity contribution in [3.63, 3.8) is 0 Å². The van der Waals surface area contributed by atoms with Gasteiger partial charge in [-0.1, -0.05) is 42.0 Å². The van der Waals surface area contributed by atoms with Gasteiger partial charge in [-0.3, -0.25) is 4.79 Å². The van der Waals surface area contributed by atoms with Crippen LogP contribution in [0.4, 0.5) is 5.69 Å². The summed E-state index contributed by atoms with van der Waals surface area (Å²) in [6.07, 6.45) is 3.45. The Morgan fingerprint density at radius 1 is 0.875 bits per heavy atom. The van der Waals surface area contributed by atoms with Crippen molar-refractivity contribution in [2.45, 2.75) is 13.8 Å². The van der Waals surface area contributed by atoms with Gasteiger partial charge in [0.15, 0.2) is 0 Å². The van der Waals surface area contributed by atoms with Crippen LogP contribution in [0.1, 0.15) is 22.8 Å². The van der Waals surface area contributed by atoms with E-state index in [0.717, 1.165) is 11.1 Å². The van der Waals surface area contributed by atoms with Crippen molar-refractivity contribution in [2.24, 2.45) is 0 Å². The normalized spacial score (nSPS) is 10.4. The maximum atomic E-state index is 12.6. The molecule has 0 unspecified atom stereocenters. The van der Waals surface area contributed by atoms with Crippen LogP contribution < -0.4 is 14.8 Å². The first kappa shape index (κ1) is 21.1. The fourth-order valence-electron chi connectivity index (χ4n) is 3.09. The fraction of sp³-hybridized carbons (Fsp3) is 0.115. The van der Waals surface area contributed by atoms with Gasteiger partial charge in [0.05, 0.1) is 12.3 Å². The lowest BCUT2D eigenvalue weighted by molar-refractivity contribution is 0.102. The maximum Gasteiger partial charge on any atom is 0.321 e. The molecule has 0 aliphatic carbocycles. The van der Waals surface area contributed by atoms with E-state index in [1.807, 2.05) is 56.3 Å². The van der Waals surface area contributed by atoms with E-state index in [0.29, 0.717) is 29.4 Å². The first-order valence-electron chi connectivity index (χ1n) is 10.3. The number of carbonyl (C=O) groups is 1. The van der Waals surface area contributed by atoms with Crippen molar-refractivity contribution < 1.29 is 14.3 Å². The third-order valence-corrected chi connectivity index (χ3v) is 4.77. The molecule has 0 aliphatic rings. The molecule has 160 valence electrons. The molecule has 0 atom stereocenters. The zero-order valence-corrected chi connectivity index (χ0v) is 17.9. The predicted molar refractivity (Wildman–Crippen MR) is 124 cm³/mol. The van der Waals surface area contributed by atoms with Crippen LogP contribution in [0.25, 0.3) is 11.1 Å². The molecule has 3 aromatic carbocycles. The van der Waals surface area contributed by atoms with E-state index in [9.17, 15) is 4.79 Å². The summed E-state index contributed by atoms with van der Waals surface area (Å²) in [5, 5.41) is 2.88. The summed E-state index contributed by atoms with van der Waals surface area (Å²) < 4.78 is 11.3. The molecule has 4 aromatic rings. The average molecular weight is 425 g/mol. The van der Waals surface area contributed by atoms with Gasteiger partial charge in [0.25, 0.3) is 5.91 Å².